The van der Waals surface area contributed by atoms with Crippen LogP contribution in [0.15, 0.2) is 30.3 Å². The molecule has 1 aromatic rings. The van der Waals surface area contributed by atoms with Gasteiger partial charge in [0.05, 0.1) is 12.7 Å². The monoisotopic (exact) mass is 276 g/mol. The van der Waals surface area contributed by atoms with Gasteiger partial charge < -0.3 is 15.0 Å². The largest absolute Gasteiger partial charge is 0.374 e. The lowest BCUT2D eigenvalue weighted by Crippen LogP contribution is -2.51. The maximum Gasteiger partial charge on any atom is 0.0852 e. The Morgan fingerprint density at radius 2 is 2.05 bits per heavy atom. The third-order valence-electron chi connectivity index (χ3n) is 4.28. The van der Waals surface area contributed by atoms with Crippen LogP contribution in [0.3, 0.4) is 0 Å². The van der Waals surface area contributed by atoms with Gasteiger partial charge in [-0.15, -0.1) is 0 Å². The number of likely N-dealkylation sites (N-methyl/N-ethyl adjacent to an activating group) is 1. The van der Waals surface area contributed by atoms with Gasteiger partial charge in [-0.2, -0.15) is 0 Å². The lowest BCUT2D eigenvalue weighted by molar-refractivity contribution is -0.0358. The summed E-state index contributed by atoms with van der Waals surface area (Å²) in [6.45, 7) is 10.7. The van der Waals surface area contributed by atoms with Crippen LogP contribution in [-0.4, -0.2) is 50.3 Å². The van der Waals surface area contributed by atoms with Crippen molar-refractivity contribution in [2.45, 2.75) is 38.3 Å². The highest BCUT2D eigenvalue weighted by Gasteiger charge is 2.26. The summed E-state index contributed by atoms with van der Waals surface area (Å²) in [4.78, 5) is 2.34. The molecule has 20 heavy (non-hydrogen) atoms. The molecule has 0 aliphatic carbocycles. The van der Waals surface area contributed by atoms with E-state index in [-0.39, 0.29) is 5.41 Å². The van der Waals surface area contributed by atoms with Gasteiger partial charge in [-0.3, -0.25) is 0 Å². The summed E-state index contributed by atoms with van der Waals surface area (Å²) in [5.41, 5.74) is 1.51. The molecule has 0 aromatic heterocycles. The van der Waals surface area contributed by atoms with Crippen LogP contribution in [0.2, 0.25) is 0 Å². The second-order valence-corrected chi connectivity index (χ2v) is 6.59. The van der Waals surface area contributed by atoms with Crippen molar-refractivity contribution in [3.8, 4) is 0 Å². The van der Waals surface area contributed by atoms with Gasteiger partial charge in [-0.25, -0.2) is 0 Å². The van der Waals surface area contributed by atoms with Crippen molar-refractivity contribution in [3.05, 3.63) is 35.9 Å². The predicted molar refractivity (Wildman–Crippen MR) is 84.2 cm³/mol. The van der Waals surface area contributed by atoms with Gasteiger partial charge in [0.25, 0.3) is 0 Å². The molecular weight excluding hydrogens is 248 g/mol. The van der Waals surface area contributed by atoms with E-state index in [0.717, 1.165) is 26.2 Å². The average molecular weight is 276 g/mol. The minimum absolute atomic E-state index is 0.135. The summed E-state index contributed by atoms with van der Waals surface area (Å²) >= 11 is 0. The molecule has 1 N–H and O–H groups in total. The number of nitrogens with zero attached hydrogens (tertiary/aromatic N) is 1. The van der Waals surface area contributed by atoms with Crippen LogP contribution >= 0.6 is 0 Å². The van der Waals surface area contributed by atoms with E-state index in [1.165, 1.54) is 5.56 Å². The third kappa shape index (κ3) is 4.05. The van der Waals surface area contributed by atoms with Crippen molar-refractivity contribution < 1.29 is 4.74 Å². The molecule has 1 aliphatic heterocycles. The van der Waals surface area contributed by atoms with Crippen molar-refractivity contribution in [2.24, 2.45) is 0 Å². The first-order valence-electron chi connectivity index (χ1n) is 7.58. The topological polar surface area (TPSA) is 24.5 Å². The molecule has 1 heterocycles. The highest BCUT2D eigenvalue weighted by molar-refractivity contribution is 5.23. The lowest BCUT2D eigenvalue weighted by Gasteiger charge is -2.36. The van der Waals surface area contributed by atoms with E-state index in [2.05, 4.69) is 68.4 Å². The first-order valence-corrected chi connectivity index (χ1v) is 7.58. The van der Waals surface area contributed by atoms with Crippen LogP contribution in [0.4, 0.5) is 0 Å². The number of rotatable bonds is 5. The number of nitrogens with one attached hydrogen (secondary N) is 1. The Hall–Kier alpha value is -0.900. The fourth-order valence-corrected chi connectivity index (χ4v) is 2.65. The summed E-state index contributed by atoms with van der Waals surface area (Å²) in [6, 6.07) is 11.1. The molecule has 0 bridgehead atoms. The Morgan fingerprint density at radius 1 is 1.35 bits per heavy atom. The Morgan fingerprint density at radius 3 is 2.70 bits per heavy atom. The van der Waals surface area contributed by atoms with Crippen molar-refractivity contribution in [3.63, 3.8) is 0 Å². The molecule has 3 heteroatoms. The van der Waals surface area contributed by atoms with Crippen LogP contribution in [-0.2, 0) is 10.2 Å². The van der Waals surface area contributed by atoms with Crippen molar-refractivity contribution in [1.29, 1.82) is 0 Å². The van der Waals surface area contributed by atoms with Gasteiger partial charge in [0.2, 0.25) is 0 Å². The number of hydrogen-bond donors (Lipinski definition) is 1. The number of ether oxygens (including phenoxy) is 1. The molecule has 2 rings (SSSR count). The molecule has 2 atom stereocenters. The van der Waals surface area contributed by atoms with Crippen LogP contribution in [0, 0.1) is 0 Å². The minimum atomic E-state index is 0.135. The molecule has 1 aromatic carbocycles. The van der Waals surface area contributed by atoms with Gasteiger partial charge in [0, 0.05) is 31.1 Å². The van der Waals surface area contributed by atoms with E-state index >= 15 is 0 Å². The Bertz CT molecular complexity index is 405. The molecule has 1 fully saturated rings. The van der Waals surface area contributed by atoms with Crippen LogP contribution in [0.1, 0.15) is 26.3 Å². The Balaban J connectivity index is 1.87. The first kappa shape index (κ1) is 15.5. The van der Waals surface area contributed by atoms with Gasteiger partial charge in [0.1, 0.15) is 0 Å². The van der Waals surface area contributed by atoms with Crippen LogP contribution < -0.4 is 5.32 Å². The predicted octanol–water partition coefficient (Wildman–Crippen LogP) is 2.27. The zero-order chi connectivity index (χ0) is 14.6. The van der Waals surface area contributed by atoms with E-state index in [0.29, 0.717) is 12.1 Å². The molecule has 0 saturated carbocycles. The molecule has 0 spiro atoms. The van der Waals surface area contributed by atoms with Gasteiger partial charge >= 0.3 is 0 Å². The van der Waals surface area contributed by atoms with Gasteiger partial charge in [-0.05, 0) is 19.5 Å². The van der Waals surface area contributed by atoms with Crippen molar-refractivity contribution in [2.75, 3.05) is 33.3 Å². The average Bonchev–Trinajstić information content (AvgIpc) is 2.46. The van der Waals surface area contributed by atoms with Gasteiger partial charge in [-0.1, -0.05) is 44.2 Å². The Kier molecular flexibility index (Phi) is 5.19. The molecule has 0 amide bonds. The second-order valence-electron chi connectivity index (χ2n) is 6.59. The zero-order valence-corrected chi connectivity index (χ0v) is 13.2. The first-order chi connectivity index (χ1) is 9.49. The third-order valence-corrected chi connectivity index (χ3v) is 4.28. The summed E-state index contributed by atoms with van der Waals surface area (Å²) in [6.07, 6.45) is 0.292. The maximum atomic E-state index is 5.88. The molecule has 1 aliphatic rings. The molecule has 3 nitrogen and oxygen atoms in total. The summed E-state index contributed by atoms with van der Waals surface area (Å²) in [5, 5.41) is 3.66. The quantitative estimate of drug-likeness (QED) is 0.893. The highest BCUT2D eigenvalue weighted by atomic mass is 16.5. The van der Waals surface area contributed by atoms with Crippen molar-refractivity contribution in [1.82, 2.24) is 10.2 Å². The SMILES string of the molecule is C[C@H](NCC(C)(C)c1ccccc1)[C@@H]1CN(C)CCO1. The number of morpholine rings is 1. The molecule has 112 valence electrons. The molecule has 1 saturated heterocycles. The summed E-state index contributed by atoms with van der Waals surface area (Å²) in [5.74, 6) is 0. The number of benzene rings is 1. The van der Waals surface area contributed by atoms with Crippen molar-refractivity contribution >= 4 is 0 Å². The molecule has 0 radical (unpaired) electrons. The standard InChI is InChI=1S/C17H28N2O/c1-14(16-12-19(4)10-11-20-16)18-13-17(2,3)15-8-6-5-7-9-15/h5-9,14,16,18H,10-13H2,1-4H3/t14-,16-/m0/s1. The van der Waals surface area contributed by atoms with Crippen LogP contribution in [0.25, 0.3) is 0 Å². The lowest BCUT2D eigenvalue weighted by atomic mass is 9.84. The summed E-state index contributed by atoms with van der Waals surface area (Å²) in [7, 11) is 2.16. The summed E-state index contributed by atoms with van der Waals surface area (Å²) < 4.78 is 5.88. The van der Waals surface area contributed by atoms with E-state index in [1.54, 1.807) is 0 Å². The van der Waals surface area contributed by atoms with Crippen LogP contribution in [0.5, 0.6) is 0 Å². The minimum Gasteiger partial charge on any atom is -0.374 e. The molecular formula is C17H28N2O. The fraction of sp³-hybridized carbons (Fsp3) is 0.647. The smallest absolute Gasteiger partial charge is 0.0852 e. The van der Waals surface area contributed by atoms with Gasteiger partial charge in [0.15, 0.2) is 0 Å². The molecule has 0 unspecified atom stereocenters. The normalized spacial score (nSPS) is 22.7. The number of hydrogen-bond acceptors (Lipinski definition) is 3. The van der Waals surface area contributed by atoms with E-state index in [1.807, 2.05) is 0 Å². The highest BCUT2D eigenvalue weighted by Crippen LogP contribution is 2.22. The zero-order valence-electron chi connectivity index (χ0n) is 13.2. The van der Waals surface area contributed by atoms with E-state index in [9.17, 15) is 0 Å². The second kappa shape index (κ2) is 6.70. The Labute approximate surface area is 123 Å². The van der Waals surface area contributed by atoms with E-state index < -0.39 is 0 Å². The fourth-order valence-electron chi connectivity index (χ4n) is 2.65. The van der Waals surface area contributed by atoms with E-state index in [4.69, 9.17) is 4.74 Å². The maximum absolute atomic E-state index is 5.88.